The normalized spacial score (nSPS) is 15.3. The zero-order valence-electron chi connectivity index (χ0n) is 10.1. The Morgan fingerprint density at radius 1 is 1.27 bits per heavy atom. The Kier molecular flexibility index (Phi) is 22.2. The Bertz CT molecular complexity index is 178. The molecule has 0 aliphatic heterocycles. The van der Waals surface area contributed by atoms with Gasteiger partial charge in [-0.1, -0.05) is 27.2 Å². The van der Waals surface area contributed by atoms with Gasteiger partial charge in [-0.05, 0) is 18.5 Å². The van der Waals surface area contributed by atoms with E-state index in [4.69, 9.17) is 4.89 Å². The van der Waals surface area contributed by atoms with Gasteiger partial charge in [0.2, 0.25) is 0 Å². The molecule has 0 aromatic carbocycles. The topological polar surface area (TPSA) is 77.4 Å². The van der Waals surface area contributed by atoms with Gasteiger partial charge < -0.3 is 14.4 Å². The fourth-order valence-electron chi connectivity index (χ4n) is 0.837. The summed E-state index contributed by atoms with van der Waals surface area (Å²) < 4.78 is 19.9. The first kappa shape index (κ1) is 21.6. The maximum Gasteiger partial charge on any atom is 1.00 e. The van der Waals surface area contributed by atoms with Crippen molar-refractivity contribution in [3.05, 3.63) is 0 Å². The minimum atomic E-state index is -2.49. The quantitative estimate of drug-likeness (QED) is 0.505. The maximum atomic E-state index is 10.4. The van der Waals surface area contributed by atoms with Gasteiger partial charge in [-0.2, -0.15) is 0 Å². The minimum Gasteiger partial charge on any atom is -0.801 e. The molecule has 0 radical (unpaired) electrons. The van der Waals surface area contributed by atoms with Gasteiger partial charge in [0.15, 0.2) is 8.03 Å². The molecule has 0 fully saturated rings. The van der Waals surface area contributed by atoms with Gasteiger partial charge in [0.25, 0.3) is 0 Å². The standard InChI is InChI=1S/C6H15O2P.C2H7O2P.Na/c1-3-5-6(4-2)9(7)8;1-2-5(3)4;/h6,9H,3-5H2,1-2H3,(H,7,8);5H,2H2,1H3,(H,3,4);/q;;+1/p-1. The smallest absolute Gasteiger partial charge is 0.801 e. The molecule has 15 heavy (non-hydrogen) atoms. The molecule has 0 aliphatic carbocycles. The summed E-state index contributed by atoms with van der Waals surface area (Å²) in [5.41, 5.74) is -0.0417. The van der Waals surface area contributed by atoms with Crippen molar-refractivity contribution in [2.45, 2.75) is 45.7 Å². The second-order valence-corrected chi connectivity index (χ2v) is 5.91. The molecule has 0 aromatic rings. The average Bonchev–Trinajstić information content (AvgIpc) is 2.14. The molecule has 0 rings (SSSR count). The van der Waals surface area contributed by atoms with Crippen LogP contribution in [0.4, 0.5) is 0 Å². The molecule has 0 aromatic heterocycles. The zero-order chi connectivity index (χ0) is 11.6. The van der Waals surface area contributed by atoms with Crippen molar-refractivity contribution in [3.63, 3.8) is 0 Å². The first-order valence-electron chi connectivity index (χ1n) is 4.92. The molecule has 0 saturated heterocycles. The van der Waals surface area contributed by atoms with E-state index in [2.05, 4.69) is 0 Å². The van der Waals surface area contributed by atoms with Crippen LogP contribution in [0, 0.1) is 0 Å². The van der Waals surface area contributed by atoms with Crippen LogP contribution in [-0.4, -0.2) is 16.7 Å². The van der Waals surface area contributed by atoms with E-state index in [9.17, 15) is 14.0 Å². The summed E-state index contributed by atoms with van der Waals surface area (Å²) in [6.45, 7) is 5.61. The summed E-state index contributed by atoms with van der Waals surface area (Å²) in [6, 6.07) is 0. The molecule has 0 amide bonds. The van der Waals surface area contributed by atoms with Crippen LogP contribution < -0.4 is 34.5 Å². The van der Waals surface area contributed by atoms with E-state index in [0.717, 1.165) is 19.3 Å². The molecule has 0 spiro atoms. The van der Waals surface area contributed by atoms with Gasteiger partial charge in [-0.25, -0.2) is 0 Å². The van der Waals surface area contributed by atoms with Crippen molar-refractivity contribution in [2.24, 2.45) is 0 Å². The molecule has 0 bridgehead atoms. The van der Waals surface area contributed by atoms with Crippen molar-refractivity contribution >= 4 is 16.1 Å². The van der Waals surface area contributed by atoms with Crippen LogP contribution >= 0.6 is 16.1 Å². The van der Waals surface area contributed by atoms with E-state index in [-0.39, 0.29) is 35.2 Å². The number of rotatable bonds is 5. The van der Waals surface area contributed by atoms with Crippen LogP contribution in [0.2, 0.25) is 0 Å². The van der Waals surface area contributed by atoms with Crippen molar-refractivity contribution < 1.29 is 48.5 Å². The van der Waals surface area contributed by atoms with Crippen molar-refractivity contribution in [2.75, 3.05) is 6.16 Å². The Morgan fingerprint density at radius 3 is 1.73 bits per heavy atom. The summed E-state index contributed by atoms with van der Waals surface area (Å²) in [5, 5.41) is 0. The van der Waals surface area contributed by atoms with E-state index in [1.807, 2.05) is 13.8 Å². The van der Waals surface area contributed by atoms with Gasteiger partial charge in [-0.15, -0.1) is 0 Å². The molecule has 0 saturated carbocycles. The van der Waals surface area contributed by atoms with Gasteiger partial charge in [0, 0.05) is 14.2 Å². The van der Waals surface area contributed by atoms with E-state index in [0.29, 0.717) is 6.16 Å². The van der Waals surface area contributed by atoms with E-state index < -0.39 is 16.1 Å². The summed E-state index contributed by atoms with van der Waals surface area (Å²) in [6.07, 6.45) is 2.98. The van der Waals surface area contributed by atoms with Gasteiger partial charge in [0.05, 0.1) is 0 Å². The van der Waals surface area contributed by atoms with Gasteiger partial charge in [-0.3, -0.25) is 4.57 Å². The second kappa shape index (κ2) is 15.4. The first-order chi connectivity index (χ1) is 6.49. The third kappa shape index (κ3) is 18.0. The maximum absolute atomic E-state index is 10.4. The SMILES string of the molecule is CCCC(CC)[PH](=O)[O-].CC[PH](=O)O.[Na+]. The second-order valence-electron chi connectivity index (χ2n) is 2.96. The number of hydrogen-bond acceptors (Lipinski definition) is 3. The van der Waals surface area contributed by atoms with E-state index >= 15 is 0 Å². The third-order valence-corrected chi connectivity index (χ3v) is 3.73. The predicted molar refractivity (Wildman–Crippen MR) is 59.7 cm³/mol. The van der Waals surface area contributed by atoms with Crippen LogP contribution in [0.15, 0.2) is 0 Å². The Balaban J connectivity index is -0.000000208. The van der Waals surface area contributed by atoms with Crippen molar-refractivity contribution in [1.82, 2.24) is 0 Å². The largest absolute Gasteiger partial charge is 1.00 e. The monoisotopic (exact) mass is 266 g/mol. The first-order valence-corrected chi connectivity index (χ1v) is 7.87. The molecule has 88 valence electrons. The van der Waals surface area contributed by atoms with Gasteiger partial charge >= 0.3 is 29.6 Å². The molecule has 7 heteroatoms. The third-order valence-electron chi connectivity index (χ3n) is 1.77. The summed E-state index contributed by atoms with van der Waals surface area (Å²) in [4.78, 5) is 18.3. The number of hydrogen-bond donors (Lipinski definition) is 1. The molecular weight excluding hydrogens is 245 g/mol. The Morgan fingerprint density at radius 2 is 1.67 bits per heavy atom. The fourth-order valence-corrected chi connectivity index (χ4v) is 1.69. The van der Waals surface area contributed by atoms with Crippen LogP contribution in [0.1, 0.15) is 40.0 Å². The van der Waals surface area contributed by atoms with Gasteiger partial charge in [0.1, 0.15) is 0 Å². The van der Waals surface area contributed by atoms with Crippen LogP contribution in [0.5, 0.6) is 0 Å². The van der Waals surface area contributed by atoms with E-state index in [1.54, 1.807) is 6.92 Å². The Labute approximate surface area is 116 Å². The molecule has 4 nitrogen and oxygen atoms in total. The Hall–Kier alpha value is 1.38. The summed E-state index contributed by atoms with van der Waals surface area (Å²) in [7, 11) is -4.61. The predicted octanol–water partition coefficient (Wildman–Crippen LogP) is -1.12. The van der Waals surface area contributed by atoms with Crippen LogP contribution in [0.25, 0.3) is 0 Å². The summed E-state index contributed by atoms with van der Waals surface area (Å²) in [5.74, 6) is 0. The molecule has 0 heterocycles. The molecule has 0 aliphatic rings. The van der Waals surface area contributed by atoms with Crippen LogP contribution in [-0.2, 0) is 9.13 Å². The minimum absolute atomic E-state index is 0. The summed E-state index contributed by atoms with van der Waals surface area (Å²) >= 11 is 0. The molecule has 3 unspecified atom stereocenters. The molecular formula is C8H21NaO4P2. The van der Waals surface area contributed by atoms with Crippen LogP contribution in [0.3, 0.4) is 0 Å². The average molecular weight is 266 g/mol. The molecule has 1 N–H and O–H groups in total. The zero-order valence-corrected chi connectivity index (χ0v) is 14.1. The fraction of sp³-hybridized carbons (Fsp3) is 1.00. The van der Waals surface area contributed by atoms with Crippen molar-refractivity contribution in [3.8, 4) is 0 Å². The van der Waals surface area contributed by atoms with E-state index in [1.165, 1.54) is 0 Å². The van der Waals surface area contributed by atoms with Crippen molar-refractivity contribution in [1.29, 1.82) is 0 Å². The molecule has 3 atom stereocenters.